The van der Waals surface area contributed by atoms with E-state index in [2.05, 4.69) is 46.9 Å². The highest BCUT2D eigenvalue weighted by molar-refractivity contribution is 14.1. The van der Waals surface area contributed by atoms with Crippen molar-refractivity contribution < 1.29 is 0 Å². The zero-order chi connectivity index (χ0) is 13.3. The van der Waals surface area contributed by atoms with Gasteiger partial charge in [0.05, 0.1) is 0 Å². The van der Waals surface area contributed by atoms with E-state index < -0.39 is 0 Å². The van der Waals surface area contributed by atoms with E-state index in [1.54, 1.807) is 5.56 Å². The fourth-order valence-electron chi connectivity index (χ4n) is 3.23. The van der Waals surface area contributed by atoms with Crippen LogP contribution in [0, 0.1) is 3.57 Å². The van der Waals surface area contributed by atoms with Gasteiger partial charge in [-0.2, -0.15) is 0 Å². The van der Waals surface area contributed by atoms with E-state index in [0.29, 0.717) is 0 Å². The Hall–Kier alpha value is -0.0500. The molecule has 0 atom stereocenters. The Balaban J connectivity index is 1.92. The van der Waals surface area contributed by atoms with Gasteiger partial charge in [-0.15, -0.1) is 0 Å². The monoisotopic (exact) mass is 370 g/mol. The van der Waals surface area contributed by atoms with Crippen molar-refractivity contribution in [3.63, 3.8) is 0 Å². The Morgan fingerprint density at radius 1 is 0.632 bits per heavy atom. The second-order valence-electron chi connectivity index (χ2n) is 6.01. The molecule has 1 fully saturated rings. The molecule has 0 unspecified atom stereocenters. The summed E-state index contributed by atoms with van der Waals surface area (Å²) >= 11 is 2.40. The largest absolute Gasteiger partial charge is 0.0577 e. The van der Waals surface area contributed by atoms with Crippen LogP contribution >= 0.6 is 22.6 Å². The predicted octanol–water partition coefficient (Wildman–Crippen LogP) is 6.68. The molecule has 0 aliphatic heterocycles. The van der Waals surface area contributed by atoms with Gasteiger partial charge in [-0.3, -0.25) is 0 Å². The fourth-order valence-corrected chi connectivity index (χ4v) is 3.59. The van der Waals surface area contributed by atoms with Crippen LogP contribution in [-0.2, 0) is 0 Å². The Labute approximate surface area is 132 Å². The molecule has 0 heterocycles. The van der Waals surface area contributed by atoms with Crippen molar-refractivity contribution in [2.45, 2.75) is 76.5 Å². The molecule has 106 valence electrons. The van der Waals surface area contributed by atoms with E-state index in [0.717, 1.165) is 5.92 Å². The lowest BCUT2D eigenvalue weighted by Gasteiger charge is -2.18. The molecule has 1 saturated carbocycles. The maximum atomic E-state index is 2.40. The van der Waals surface area contributed by atoms with Crippen molar-refractivity contribution in [1.82, 2.24) is 0 Å². The SMILES string of the molecule is Ic1ccc(C2CCCCCCCCCCC2)cc1. The fraction of sp³-hybridized carbons (Fsp3) is 0.667. The molecule has 0 bridgehead atoms. The molecule has 0 spiro atoms. The molecule has 0 amide bonds. The zero-order valence-electron chi connectivity index (χ0n) is 12.0. The van der Waals surface area contributed by atoms with Gasteiger partial charge in [-0.1, -0.05) is 69.9 Å². The molecule has 0 N–H and O–H groups in total. The molecular weight excluding hydrogens is 343 g/mol. The Morgan fingerprint density at radius 3 is 1.53 bits per heavy atom. The number of benzene rings is 1. The van der Waals surface area contributed by atoms with Crippen LogP contribution in [0.15, 0.2) is 24.3 Å². The zero-order valence-corrected chi connectivity index (χ0v) is 14.2. The summed E-state index contributed by atoms with van der Waals surface area (Å²) in [5, 5.41) is 0. The molecule has 0 aromatic heterocycles. The summed E-state index contributed by atoms with van der Waals surface area (Å²) in [5.74, 6) is 0.816. The van der Waals surface area contributed by atoms with Crippen LogP contribution in [0.4, 0.5) is 0 Å². The third-order valence-electron chi connectivity index (χ3n) is 4.45. The minimum atomic E-state index is 0.816. The Kier molecular flexibility index (Phi) is 7.26. The maximum Gasteiger partial charge on any atom is 0.0130 e. The summed E-state index contributed by atoms with van der Waals surface area (Å²) in [6, 6.07) is 9.26. The smallest absolute Gasteiger partial charge is 0.0130 e. The summed E-state index contributed by atoms with van der Waals surface area (Å²) < 4.78 is 1.36. The van der Waals surface area contributed by atoms with Gasteiger partial charge < -0.3 is 0 Å². The van der Waals surface area contributed by atoms with E-state index in [1.807, 2.05) is 0 Å². The minimum absolute atomic E-state index is 0.816. The van der Waals surface area contributed by atoms with Gasteiger partial charge in [0, 0.05) is 3.57 Å². The predicted molar refractivity (Wildman–Crippen MR) is 92.7 cm³/mol. The molecule has 0 saturated heterocycles. The van der Waals surface area contributed by atoms with Gasteiger partial charge in [-0.25, -0.2) is 0 Å². The second kappa shape index (κ2) is 8.99. The maximum absolute atomic E-state index is 2.40. The summed E-state index contributed by atoms with van der Waals surface area (Å²) in [5.41, 5.74) is 1.58. The van der Waals surface area contributed by atoms with Crippen molar-refractivity contribution in [3.05, 3.63) is 33.4 Å². The standard InChI is InChI=1S/C18H27I/c19-18-14-12-17(13-15-18)16-10-8-6-4-2-1-3-5-7-9-11-16/h12-16H,1-11H2. The van der Waals surface area contributed by atoms with E-state index in [-0.39, 0.29) is 0 Å². The van der Waals surface area contributed by atoms with Crippen molar-refractivity contribution >= 4 is 22.6 Å². The number of hydrogen-bond donors (Lipinski definition) is 0. The molecular formula is C18H27I. The topological polar surface area (TPSA) is 0 Å². The normalized spacial score (nSPS) is 20.5. The molecule has 19 heavy (non-hydrogen) atoms. The van der Waals surface area contributed by atoms with Crippen LogP contribution < -0.4 is 0 Å². The first-order valence-electron chi connectivity index (χ1n) is 8.12. The Bertz CT molecular complexity index is 329. The lowest BCUT2D eigenvalue weighted by atomic mass is 9.87. The summed E-state index contributed by atoms with van der Waals surface area (Å²) in [7, 11) is 0. The molecule has 1 aliphatic carbocycles. The van der Waals surface area contributed by atoms with Gasteiger partial charge in [0.25, 0.3) is 0 Å². The van der Waals surface area contributed by atoms with Crippen LogP contribution in [0.1, 0.15) is 82.1 Å². The highest BCUT2D eigenvalue weighted by atomic mass is 127. The number of halogens is 1. The van der Waals surface area contributed by atoms with Crippen molar-refractivity contribution in [3.8, 4) is 0 Å². The molecule has 1 heteroatoms. The lowest BCUT2D eigenvalue weighted by Crippen LogP contribution is -2.00. The first-order valence-corrected chi connectivity index (χ1v) is 9.19. The average molecular weight is 370 g/mol. The Morgan fingerprint density at radius 2 is 1.05 bits per heavy atom. The molecule has 0 radical (unpaired) electrons. The first-order chi connectivity index (χ1) is 9.36. The molecule has 1 aromatic rings. The summed E-state index contributed by atoms with van der Waals surface area (Å²) in [4.78, 5) is 0. The number of hydrogen-bond acceptors (Lipinski definition) is 0. The molecule has 1 aromatic carbocycles. The van der Waals surface area contributed by atoms with Crippen molar-refractivity contribution in [1.29, 1.82) is 0 Å². The van der Waals surface area contributed by atoms with Gasteiger partial charge in [0.1, 0.15) is 0 Å². The van der Waals surface area contributed by atoms with Crippen LogP contribution in [0.2, 0.25) is 0 Å². The number of rotatable bonds is 1. The van der Waals surface area contributed by atoms with Gasteiger partial charge in [0.15, 0.2) is 0 Å². The van der Waals surface area contributed by atoms with Gasteiger partial charge in [-0.05, 0) is 59.0 Å². The molecule has 0 nitrogen and oxygen atoms in total. The van der Waals surface area contributed by atoms with E-state index in [9.17, 15) is 0 Å². The average Bonchev–Trinajstić information content (AvgIpc) is 2.41. The van der Waals surface area contributed by atoms with Crippen LogP contribution in [-0.4, -0.2) is 0 Å². The lowest BCUT2D eigenvalue weighted by molar-refractivity contribution is 0.467. The van der Waals surface area contributed by atoms with Crippen LogP contribution in [0.5, 0.6) is 0 Å². The first kappa shape index (κ1) is 15.3. The van der Waals surface area contributed by atoms with Crippen LogP contribution in [0.25, 0.3) is 0 Å². The van der Waals surface area contributed by atoms with E-state index in [1.165, 1.54) is 74.2 Å². The highest BCUT2D eigenvalue weighted by Crippen LogP contribution is 2.29. The third-order valence-corrected chi connectivity index (χ3v) is 5.17. The second-order valence-corrected chi connectivity index (χ2v) is 7.25. The van der Waals surface area contributed by atoms with Gasteiger partial charge in [0.2, 0.25) is 0 Å². The van der Waals surface area contributed by atoms with E-state index >= 15 is 0 Å². The van der Waals surface area contributed by atoms with Crippen LogP contribution in [0.3, 0.4) is 0 Å². The summed E-state index contributed by atoms with van der Waals surface area (Å²) in [6.07, 6.45) is 15.9. The van der Waals surface area contributed by atoms with Crippen molar-refractivity contribution in [2.24, 2.45) is 0 Å². The highest BCUT2D eigenvalue weighted by Gasteiger charge is 2.11. The molecule has 1 aliphatic rings. The quantitative estimate of drug-likeness (QED) is 0.484. The molecule has 2 rings (SSSR count). The summed E-state index contributed by atoms with van der Waals surface area (Å²) in [6.45, 7) is 0. The van der Waals surface area contributed by atoms with E-state index in [4.69, 9.17) is 0 Å². The van der Waals surface area contributed by atoms with Crippen molar-refractivity contribution in [2.75, 3.05) is 0 Å². The third kappa shape index (κ3) is 5.85. The minimum Gasteiger partial charge on any atom is -0.0577 e. The van der Waals surface area contributed by atoms with Gasteiger partial charge >= 0.3 is 0 Å².